The second-order valence-electron chi connectivity index (χ2n) is 8.08. The number of hydrogen-bond donors (Lipinski definition) is 2. The van der Waals surface area contributed by atoms with Gasteiger partial charge in [0.1, 0.15) is 11.6 Å². The highest BCUT2D eigenvalue weighted by Crippen LogP contribution is 2.32. The van der Waals surface area contributed by atoms with Gasteiger partial charge in [0, 0.05) is 24.7 Å². The number of primary amides is 1. The van der Waals surface area contributed by atoms with Crippen LogP contribution >= 0.6 is 0 Å². The van der Waals surface area contributed by atoms with E-state index in [9.17, 15) is 22.0 Å². The Balaban J connectivity index is 1.61. The first-order valence-corrected chi connectivity index (χ1v) is 11.6. The van der Waals surface area contributed by atoms with E-state index in [4.69, 9.17) is 11.5 Å². The van der Waals surface area contributed by atoms with Crippen molar-refractivity contribution < 1.29 is 22.0 Å². The molecule has 31 heavy (non-hydrogen) atoms. The van der Waals surface area contributed by atoms with E-state index < -0.39 is 27.6 Å². The molecule has 9 heteroatoms. The van der Waals surface area contributed by atoms with E-state index in [0.29, 0.717) is 25.7 Å². The first-order valence-electron chi connectivity index (χ1n) is 10.2. The van der Waals surface area contributed by atoms with E-state index in [1.807, 2.05) is 0 Å². The molecule has 1 saturated carbocycles. The van der Waals surface area contributed by atoms with Gasteiger partial charge in [-0.15, -0.1) is 0 Å². The Bertz CT molecular complexity index is 1040. The molecule has 1 aliphatic rings. The van der Waals surface area contributed by atoms with Crippen LogP contribution in [0.5, 0.6) is 0 Å². The van der Waals surface area contributed by atoms with Crippen LogP contribution in [0.1, 0.15) is 41.6 Å². The average Bonchev–Trinajstić information content (AvgIpc) is 2.75. The van der Waals surface area contributed by atoms with Gasteiger partial charge in [-0.3, -0.25) is 4.79 Å². The van der Waals surface area contributed by atoms with Crippen LogP contribution in [-0.4, -0.2) is 37.8 Å². The van der Waals surface area contributed by atoms with Crippen molar-refractivity contribution in [1.29, 1.82) is 0 Å². The molecule has 0 radical (unpaired) electrons. The van der Waals surface area contributed by atoms with Gasteiger partial charge in [0.15, 0.2) is 0 Å². The van der Waals surface area contributed by atoms with Crippen LogP contribution in [0.2, 0.25) is 0 Å². The largest absolute Gasteiger partial charge is 0.366 e. The summed E-state index contributed by atoms with van der Waals surface area (Å²) in [6.45, 7) is 0. The summed E-state index contributed by atoms with van der Waals surface area (Å²) in [4.78, 5) is 11.3. The Hall–Kier alpha value is -2.36. The van der Waals surface area contributed by atoms with Gasteiger partial charge in [-0.1, -0.05) is 0 Å². The Morgan fingerprint density at radius 3 is 2.29 bits per heavy atom. The number of carbonyl (C=O) groups is 1. The fourth-order valence-corrected chi connectivity index (χ4v) is 5.58. The van der Waals surface area contributed by atoms with E-state index in [1.165, 1.54) is 34.6 Å². The number of carbonyl (C=O) groups excluding carboxylic acids is 1. The molecule has 3 rings (SSSR count). The minimum Gasteiger partial charge on any atom is -0.366 e. The smallest absolute Gasteiger partial charge is 0.248 e. The van der Waals surface area contributed by atoms with Crippen molar-refractivity contribution >= 4 is 15.9 Å². The van der Waals surface area contributed by atoms with Gasteiger partial charge in [0.2, 0.25) is 15.9 Å². The average molecular weight is 452 g/mol. The third-order valence-corrected chi connectivity index (χ3v) is 8.06. The third-order valence-electron chi connectivity index (χ3n) is 6.14. The molecule has 1 fully saturated rings. The van der Waals surface area contributed by atoms with E-state index in [-0.39, 0.29) is 40.4 Å². The molecule has 0 spiro atoms. The highest BCUT2D eigenvalue weighted by molar-refractivity contribution is 7.89. The van der Waals surface area contributed by atoms with Gasteiger partial charge in [-0.2, -0.15) is 4.31 Å². The van der Waals surface area contributed by atoms with Crippen molar-refractivity contribution in [3.8, 4) is 0 Å². The maximum Gasteiger partial charge on any atom is 0.248 e. The van der Waals surface area contributed by atoms with E-state index >= 15 is 0 Å². The lowest BCUT2D eigenvalue weighted by atomic mass is 9.80. The molecular weight excluding hydrogens is 424 g/mol. The lowest BCUT2D eigenvalue weighted by Crippen LogP contribution is -2.42. The number of rotatable bonds is 7. The highest BCUT2D eigenvalue weighted by Gasteiger charge is 2.33. The van der Waals surface area contributed by atoms with Crippen LogP contribution < -0.4 is 11.5 Å². The normalized spacial score (nSPS) is 20.5. The van der Waals surface area contributed by atoms with Crippen molar-refractivity contribution in [1.82, 2.24) is 4.31 Å². The zero-order valence-electron chi connectivity index (χ0n) is 17.3. The lowest BCUT2D eigenvalue weighted by Gasteiger charge is -2.36. The highest BCUT2D eigenvalue weighted by atomic mass is 32.2. The fraction of sp³-hybridized carbons (Fsp3) is 0.409. The molecule has 0 unspecified atom stereocenters. The first kappa shape index (κ1) is 23.3. The zero-order valence-corrected chi connectivity index (χ0v) is 18.1. The molecule has 1 amide bonds. The van der Waals surface area contributed by atoms with Crippen LogP contribution in [0.25, 0.3) is 0 Å². The Morgan fingerprint density at radius 2 is 1.71 bits per heavy atom. The summed E-state index contributed by atoms with van der Waals surface area (Å²) in [5.41, 5.74) is 12.0. The molecule has 0 bridgehead atoms. The minimum absolute atomic E-state index is 0.0976. The molecule has 1 atom stereocenters. The standard InChI is InChI=1S/C22H27F2N3O3S/c1-27(31(29,30)19-9-4-15(5-10-19)22(26)28)18-7-2-14(3-8-18)21(25)13-16-12-17(23)6-11-20(16)24/h4-6,9-12,14,18,21H,2-3,7-8,13,25H2,1H3,(H2,26,28)/t14?,18?,21-/m1/s1. The predicted octanol–water partition coefficient (Wildman–Crippen LogP) is 2.81. The van der Waals surface area contributed by atoms with Crippen molar-refractivity contribution in [3.63, 3.8) is 0 Å². The van der Waals surface area contributed by atoms with Crippen molar-refractivity contribution in [3.05, 3.63) is 65.2 Å². The summed E-state index contributed by atoms with van der Waals surface area (Å²) in [5.74, 6) is -1.49. The van der Waals surface area contributed by atoms with E-state index in [1.54, 1.807) is 7.05 Å². The topological polar surface area (TPSA) is 106 Å². The third kappa shape index (κ3) is 5.28. The molecule has 2 aromatic carbocycles. The summed E-state index contributed by atoms with van der Waals surface area (Å²) < 4.78 is 54.6. The van der Waals surface area contributed by atoms with Gasteiger partial charge in [0.05, 0.1) is 4.90 Å². The maximum absolute atomic E-state index is 13.9. The minimum atomic E-state index is -3.72. The molecule has 6 nitrogen and oxygen atoms in total. The number of halogens is 2. The van der Waals surface area contributed by atoms with Crippen molar-refractivity contribution in [2.45, 2.75) is 49.1 Å². The van der Waals surface area contributed by atoms with E-state index in [2.05, 4.69) is 0 Å². The fourth-order valence-electron chi connectivity index (χ4n) is 4.17. The summed E-state index contributed by atoms with van der Waals surface area (Å²) in [7, 11) is -2.17. The predicted molar refractivity (Wildman–Crippen MR) is 114 cm³/mol. The van der Waals surface area contributed by atoms with Crippen LogP contribution in [0.15, 0.2) is 47.4 Å². The molecule has 4 N–H and O–H groups in total. The second-order valence-corrected chi connectivity index (χ2v) is 10.1. The number of nitrogens with zero attached hydrogens (tertiary/aromatic N) is 1. The number of nitrogens with two attached hydrogens (primary N) is 2. The molecule has 2 aromatic rings. The van der Waals surface area contributed by atoms with E-state index in [0.717, 1.165) is 12.1 Å². The Kier molecular flexibility index (Phi) is 7.08. The molecule has 0 aromatic heterocycles. The van der Waals surface area contributed by atoms with Gasteiger partial charge in [0.25, 0.3) is 0 Å². The van der Waals surface area contributed by atoms with Gasteiger partial charge >= 0.3 is 0 Å². The van der Waals surface area contributed by atoms with Gasteiger partial charge < -0.3 is 11.5 Å². The molecule has 0 saturated heterocycles. The van der Waals surface area contributed by atoms with Gasteiger partial charge in [-0.05, 0) is 86.1 Å². The van der Waals surface area contributed by atoms with Crippen molar-refractivity contribution in [2.24, 2.45) is 17.4 Å². The van der Waals surface area contributed by atoms with Crippen LogP contribution in [0.4, 0.5) is 8.78 Å². The molecule has 168 valence electrons. The van der Waals surface area contributed by atoms with Gasteiger partial charge in [-0.25, -0.2) is 17.2 Å². The summed E-state index contributed by atoms with van der Waals surface area (Å²) >= 11 is 0. The Morgan fingerprint density at radius 1 is 1.10 bits per heavy atom. The molecule has 0 aliphatic heterocycles. The zero-order chi connectivity index (χ0) is 22.8. The number of sulfonamides is 1. The first-order chi connectivity index (χ1) is 14.6. The quantitative estimate of drug-likeness (QED) is 0.675. The molecule has 0 heterocycles. The summed E-state index contributed by atoms with van der Waals surface area (Å²) in [5, 5.41) is 0. The van der Waals surface area contributed by atoms with Crippen molar-refractivity contribution in [2.75, 3.05) is 7.05 Å². The SMILES string of the molecule is CN(C1CCC([C@H](N)Cc2cc(F)ccc2F)CC1)S(=O)(=O)c1ccc(C(N)=O)cc1. The monoisotopic (exact) mass is 451 g/mol. The molecule has 1 aliphatic carbocycles. The maximum atomic E-state index is 13.9. The summed E-state index contributed by atoms with van der Waals surface area (Å²) in [6.07, 6.45) is 2.88. The molecular formula is C22H27F2N3O3S. The van der Waals surface area contributed by atoms with Crippen LogP contribution in [0.3, 0.4) is 0 Å². The lowest BCUT2D eigenvalue weighted by molar-refractivity contribution is 0.1000. The second kappa shape index (κ2) is 9.42. The number of benzene rings is 2. The number of amides is 1. The van der Waals surface area contributed by atoms with Crippen LogP contribution in [-0.2, 0) is 16.4 Å². The Labute approximate surface area is 181 Å². The van der Waals surface area contributed by atoms with Crippen LogP contribution in [0, 0.1) is 17.6 Å². The number of hydrogen-bond acceptors (Lipinski definition) is 4. The summed E-state index contributed by atoms with van der Waals surface area (Å²) in [6, 6.07) is 8.37.